The quantitative estimate of drug-likeness (QED) is 0.586. The molecule has 7 heteroatoms. The first-order valence-corrected chi connectivity index (χ1v) is 8.49. The van der Waals surface area contributed by atoms with Crippen molar-refractivity contribution >= 4 is 17.2 Å². The van der Waals surface area contributed by atoms with Crippen molar-refractivity contribution in [1.82, 2.24) is 9.80 Å². The van der Waals surface area contributed by atoms with Gasteiger partial charge in [0.05, 0.1) is 18.5 Å². The zero-order valence-corrected chi connectivity index (χ0v) is 14.1. The number of β-amino-alcohol motifs (C(OH)–C–C–N with tert-alkyl or cyclic N) is 1. The molecular weight excluding hydrogens is 322 g/mol. The molecule has 0 unspecified atom stereocenters. The Labute approximate surface area is 145 Å². The van der Waals surface area contributed by atoms with Crippen LogP contribution in [-0.2, 0) is 0 Å². The molecule has 2 N–H and O–H groups in total. The van der Waals surface area contributed by atoms with E-state index >= 15 is 0 Å². The van der Waals surface area contributed by atoms with Gasteiger partial charge in [-0.05, 0) is 12.1 Å². The Morgan fingerprint density at radius 3 is 2.52 bits per heavy atom. The van der Waals surface area contributed by atoms with E-state index in [2.05, 4.69) is 14.8 Å². The SMILES string of the molecule is O=c1oc2ccccc2c(O)c1C=NCCN1CCN(CCO)CC1. The fourth-order valence-electron chi connectivity index (χ4n) is 2.99. The van der Waals surface area contributed by atoms with Crippen LogP contribution in [-0.4, -0.2) is 78.6 Å². The minimum Gasteiger partial charge on any atom is -0.506 e. The Hall–Kier alpha value is -2.22. The zero-order valence-electron chi connectivity index (χ0n) is 14.1. The molecule has 1 aliphatic rings. The average Bonchev–Trinajstić information content (AvgIpc) is 2.62. The summed E-state index contributed by atoms with van der Waals surface area (Å²) in [6.07, 6.45) is 1.40. The predicted molar refractivity (Wildman–Crippen MR) is 96.6 cm³/mol. The highest BCUT2D eigenvalue weighted by Crippen LogP contribution is 2.24. The molecule has 0 aliphatic carbocycles. The number of piperazine rings is 1. The second-order valence-electron chi connectivity index (χ2n) is 6.09. The summed E-state index contributed by atoms with van der Waals surface area (Å²) in [5.74, 6) is -0.0896. The molecule has 0 bridgehead atoms. The van der Waals surface area contributed by atoms with E-state index in [1.807, 2.05) is 0 Å². The highest BCUT2D eigenvalue weighted by molar-refractivity contribution is 5.93. The normalized spacial score (nSPS) is 16.8. The van der Waals surface area contributed by atoms with Gasteiger partial charge < -0.3 is 14.6 Å². The summed E-state index contributed by atoms with van der Waals surface area (Å²) in [7, 11) is 0. The van der Waals surface area contributed by atoms with E-state index < -0.39 is 5.63 Å². The van der Waals surface area contributed by atoms with E-state index in [0.29, 0.717) is 17.5 Å². The molecule has 1 fully saturated rings. The molecule has 3 rings (SSSR count). The van der Waals surface area contributed by atoms with Gasteiger partial charge in [-0.25, -0.2) is 4.79 Å². The predicted octanol–water partition coefficient (Wildman–Crippen LogP) is 0.527. The molecule has 1 aromatic carbocycles. The standard InChI is InChI=1S/C18H23N3O4/c22-12-11-21-9-7-20(8-10-21)6-5-19-13-15-17(23)14-3-1-2-4-16(14)25-18(15)24/h1-4,13,22-23H,5-12H2. The van der Waals surface area contributed by atoms with Crippen molar-refractivity contribution in [2.75, 3.05) is 52.4 Å². The second-order valence-corrected chi connectivity index (χ2v) is 6.09. The van der Waals surface area contributed by atoms with E-state index in [-0.39, 0.29) is 17.9 Å². The van der Waals surface area contributed by atoms with Crippen molar-refractivity contribution in [3.63, 3.8) is 0 Å². The van der Waals surface area contributed by atoms with Crippen LogP contribution in [0.25, 0.3) is 11.0 Å². The van der Waals surface area contributed by atoms with Crippen molar-refractivity contribution in [3.8, 4) is 5.75 Å². The molecule has 0 radical (unpaired) electrons. The van der Waals surface area contributed by atoms with Crippen LogP contribution < -0.4 is 5.63 Å². The summed E-state index contributed by atoms with van der Waals surface area (Å²) in [6.45, 7) is 6.04. The average molecular weight is 345 g/mol. The molecule has 2 aromatic rings. The third kappa shape index (κ3) is 4.25. The number of aliphatic imine (C=N–C) groups is 1. The van der Waals surface area contributed by atoms with Gasteiger partial charge in [0, 0.05) is 45.5 Å². The first kappa shape index (κ1) is 17.6. The molecule has 0 spiro atoms. The van der Waals surface area contributed by atoms with Crippen LogP contribution in [0.5, 0.6) is 5.75 Å². The molecule has 2 heterocycles. The van der Waals surface area contributed by atoms with Crippen molar-refractivity contribution in [3.05, 3.63) is 40.2 Å². The number of para-hydroxylation sites is 1. The fraction of sp³-hybridized carbons (Fsp3) is 0.444. The number of fused-ring (bicyclic) bond motifs is 1. The highest BCUT2D eigenvalue weighted by Gasteiger charge is 2.15. The zero-order chi connectivity index (χ0) is 17.6. The summed E-state index contributed by atoms with van der Waals surface area (Å²) >= 11 is 0. The van der Waals surface area contributed by atoms with Crippen LogP contribution >= 0.6 is 0 Å². The van der Waals surface area contributed by atoms with E-state index in [0.717, 1.165) is 39.3 Å². The maximum Gasteiger partial charge on any atom is 0.348 e. The lowest BCUT2D eigenvalue weighted by atomic mass is 10.1. The Balaban J connectivity index is 1.58. The Bertz CT molecular complexity index is 794. The molecule has 0 atom stereocenters. The van der Waals surface area contributed by atoms with Gasteiger partial charge in [0.15, 0.2) is 0 Å². The second kappa shape index (κ2) is 8.24. The largest absolute Gasteiger partial charge is 0.506 e. The highest BCUT2D eigenvalue weighted by atomic mass is 16.4. The Kier molecular flexibility index (Phi) is 5.80. The van der Waals surface area contributed by atoms with Gasteiger partial charge in [0.25, 0.3) is 0 Å². The van der Waals surface area contributed by atoms with Gasteiger partial charge in [-0.2, -0.15) is 0 Å². The number of aromatic hydroxyl groups is 1. The van der Waals surface area contributed by atoms with Crippen LogP contribution in [0.4, 0.5) is 0 Å². The fourth-order valence-corrected chi connectivity index (χ4v) is 2.99. The summed E-state index contributed by atoms with van der Waals surface area (Å²) in [5.41, 5.74) is -0.132. The van der Waals surface area contributed by atoms with Crippen molar-refractivity contribution < 1.29 is 14.6 Å². The first-order valence-electron chi connectivity index (χ1n) is 8.49. The van der Waals surface area contributed by atoms with E-state index in [1.54, 1.807) is 24.3 Å². The van der Waals surface area contributed by atoms with Crippen molar-refractivity contribution in [2.24, 2.45) is 4.99 Å². The van der Waals surface area contributed by atoms with Crippen molar-refractivity contribution in [1.29, 1.82) is 0 Å². The number of hydrogen-bond acceptors (Lipinski definition) is 7. The number of nitrogens with zero attached hydrogens (tertiary/aromatic N) is 3. The third-order valence-electron chi connectivity index (χ3n) is 4.47. The maximum atomic E-state index is 12.0. The summed E-state index contributed by atoms with van der Waals surface area (Å²) in [6, 6.07) is 6.88. The van der Waals surface area contributed by atoms with Gasteiger partial charge in [0.2, 0.25) is 0 Å². The third-order valence-corrected chi connectivity index (χ3v) is 4.47. The smallest absolute Gasteiger partial charge is 0.348 e. The molecule has 0 amide bonds. The topological polar surface area (TPSA) is 89.5 Å². The molecule has 134 valence electrons. The number of benzene rings is 1. The van der Waals surface area contributed by atoms with E-state index in [1.165, 1.54) is 6.21 Å². The number of rotatable bonds is 6. The molecular formula is C18H23N3O4. The minimum atomic E-state index is -0.586. The van der Waals surface area contributed by atoms with Gasteiger partial charge >= 0.3 is 5.63 Å². The minimum absolute atomic E-state index is 0.0893. The maximum absolute atomic E-state index is 12.0. The summed E-state index contributed by atoms with van der Waals surface area (Å²) in [5, 5.41) is 19.7. The molecule has 1 aliphatic heterocycles. The van der Waals surface area contributed by atoms with Crippen LogP contribution in [0.3, 0.4) is 0 Å². The van der Waals surface area contributed by atoms with E-state index in [4.69, 9.17) is 9.52 Å². The molecule has 1 saturated heterocycles. The number of hydrogen-bond donors (Lipinski definition) is 2. The van der Waals surface area contributed by atoms with Crippen LogP contribution in [0.1, 0.15) is 5.56 Å². The Morgan fingerprint density at radius 2 is 1.80 bits per heavy atom. The van der Waals surface area contributed by atoms with Gasteiger partial charge in [0.1, 0.15) is 16.9 Å². The lowest BCUT2D eigenvalue weighted by Gasteiger charge is -2.33. The Morgan fingerprint density at radius 1 is 1.12 bits per heavy atom. The molecule has 25 heavy (non-hydrogen) atoms. The van der Waals surface area contributed by atoms with E-state index in [9.17, 15) is 9.90 Å². The molecule has 1 aromatic heterocycles. The lowest BCUT2D eigenvalue weighted by molar-refractivity contribution is 0.115. The van der Waals surface area contributed by atoms with Gasteiger partial charge in [-0.15, -0.1) is 0 Å². The monoisotopic (exact) mass is 345 g/mol. The number of aliphatic hydroxyl groups excluding tert-OH is 1. The first-order chi connectivity index (χ1) is 12.2. The number of aliphatic hydroxyl groups is 1. The molecule has 7 nitrogen and oxygen atoms in total. The van der Waals surface area contributed by atoms with Crippen LogP contribution in [0.2, 0.25) is 0 Å². The summed E-state index contributed by atoms with van der Waals surface area (Å²) < 4.78 is 5.21. The van der Waals surface area contributed by atoms with Crippen LogP contribution in [0, 0.1) is 0 Å². The molecule has 0 saturated carbocycles. The van der Waals surface area contributed by atoms with Crippen LogP contribution in [0.15, 0.2) is 38.5 Å². The van der Waals surface area contributed by atoms with Gasteiger partial charge in [-0.3, -0.25) is 14.8 Å². The lowest BCUT2D eigenvalue weighted by Crippen LogP contribution is -2.47. The van der Waals surface area contributed by atoms with Crippen molar-refractivity contribution in [2.45, 2.75) is 0 Å². The van der Waals surface area contributed by atoms with Gasteiger partial charge in [-0.1, -0.05) is 12.1 Å². The summed E-state index contributed by atoms with van der Waals surface area (Å²) in [4.78, 5) is 20.8.